The Bertz CT molecular complexity index is 851. The summed E-state index contributed by atoms with van der Waals surface area (Å²) in [5, 5.41) is 4.58. The summed E-state index contributed by atoms with van der Waals surface area (Å²) in [4.78, 5) is 26.9. The highest BCUT2D eigenvalue weighted by atomic mass is 16.5. The molecular weight excluding hydrogens is 354 g/mol. The van der Waals surface area contributed by atoms with Crippen molar-refractivity contribution < 1.29 is 14.3 Å². The molecule has 0 N–H and O–H groups in total. The summed E-state index contributed by atoms with van der Waals surface area (Å²) in [5.74, 6) is -0.241. The van der Waals surface area contributed by atoms with Crippen molar-refractivity contribution in [2.24, 2.45) is 0 Å². The lowest BCUT2D eigenvalue weighted by Gasteiger charge is -2.19. The molecule has 148 valence electrons. The van der Waals surface area contributed by atoms with Crippen molar-refractivity contribution in [2.45, 2.75) is 45.1 Å². The fourth-order valence-corrected chi connectivity index (χ4v) is 3.60. The van der Waals surface area contributed by atoms with Gasteiger partial charge in [-0.2, -0.15) is 9.78 Å². The van der Waals surface area contributed by atoms with Crippen molar-refractivity contribution in [3.63, 3.8) is 0 Å². The van der Waals surface area contributed by atoms with E-state index in [1.807, 2.05) is 48.3 Å². The smallest absolute Gasteiger partial charge is 0.343 e. The molecule has 0 aliphatic heterocycles. The van der Waals surface area contributed by atoms with Gasteiger partial charge in [0.2, 0.25) is 0 Å². The molecule has 0 unspecified atom stereocenters. The van der Waals surface area contributed by atoms with Crippen LogP contribution < -0.4 is 4.90 Å². The van der Waals surface area contributed by atoms with Crippen molar-refractivity contribution in [1.82, 2.24) is 9.78 Å². The van der Waals surface area contributed by atoms with E-state index in [0.717, 1.165) is 24.1 Å². The second-order valence-corrected chi connectivity index (χ2v) is 7.17. The van der Waals surface area contributed by atoms with Crippen molar-refractivity contribution in [2.75, 3.05) is 18.6 Å². The van der Waals surface area contributed by atoms with E-state index in [-0.39, 0.29) is 12.2 Å². The van der Waals surface area contributed by atoms with Crippen LogP contribution in [0.5, 0.6) is 0 Å². The van der Waals surface area contributed by atoms with Crippen molar-refractivity contribution in [3.05, 3.63) is 59.8 Å². The molecule has 0 radical (unpaired) electrons. The first-order valence-corrected chi connectivity index (χ1v) is 9.77. The van der Waals surface area contributed by atoms with Crippen molar-refractivity contribution in [1.29, 1.82) is 0 Å². The molecule has 28 heavy (non-hydrogen) atoms. The predicted octanol–water partition coefficient (Wildman–Crippen LogP) is 3.94. The maximum absolute atomic E-state index is 12.9. The van der Waals surface area contributed by atoms with E-state index in [4.69, 9.17) is 4.74 Å². The molecule has 0 saturated heterocycles. The molecule has 6 nitrogen and oxygen atoms in total. The minimum absolute atomic E-state index is 0.193. The number of hydrogen-bond donors (Lipinski definition) is 0. The molecular formula is C22H27N3O3. The van der Waals surface area contributed by atoms with Gasteiger partial charge in [-0.15, -0.1) is 0 Å². The fraction of sp³-hybridized carbons (Fsp3) is 0.409. The van der Waals surface area contributed by atoms with Crippen LogP contribution in [-0.4, -0.2) is 35.3 Å². The van der Waals surface area contributed by atoms with Gasteiger partial charge in [0.15, 0.2) is 0 Å². The van der Waals surface area contributed by atoms with E-state index >= 15 is 0 Å². The number of nitrogens with zero attached hydrogens (tertiary/aromatic N) is 3. The van der Waals surface area contributed by atoms with E-state index < -0.39 is 11.9 Å². The number of ether oxygens (including phenoxy) is 1. The number of carbonyl (C=O) groups is 2. The number of esters is 1. The summed E-state index contributed by atoms with van der Waals surface area (Å²) in [7, 11) is 1.92. The van der Waals surface area contributed by atoms with E-state index in [2.05, 4.69) is 11.7 Å². The molecule has 6 heteroatoms. The second-order valence-electron chi connectivity index (χ2n) is 7.17. The zero-order valence-electron chi connectivity index (χ0n) is 16.6. The van der Waals surface area contributed by atoms with Crippen LogP contribution in [0.2, 0.25) is 0 Å². The summed E-state index contributed by atoms with van der Waals surface area (Å²) < 4.78 is 6.24. The molecule has 1 saturated carbocycles. The third kappa shape index (κ3) is 4.32. The molecule has 1 fully saturated rings. The maximum atomic E-state index is 12.9. The number of hydrogen-bond acceptors (Lipinski definition) is 5. The molecule has 0 amide bonds. The Labute approximate surface area is 165 Å². The van der Waals surface area contributed by atoms with Crippen LogP contribution >= 0.6 is 0 Å². The molecule has 0 atom stereocenters. The monoisotopic (exact) mass is 381 g/mol. The van der Waals surface area contributed by atoms with E-state index in [1.165, 1.54) is 17.5 Å². The van der Waals surface area contributed by atoms with Crippen LogP contribution in [0.1, 0.15) is 54.6 Å². The molecule has 0 spiro atoms. The minimum Gasteiger partial charge on any atom is -0.462 e. The van der Waals surface area contributed by atoms with Crippen LogP contribution in [0, 0.1) is 0 Å². The third-order valence-electron chi connectivity index (χ3n) is 5.11. The first kappa shape index (κ1) is 19.9. The predicted molar refractivity (Wildman–Crippen MR) is 108 cm³/mol. The van der Waals surface area contributed by atoms with Crippen LogP contribution in [0.3, 0.4) is 0 Å². The molecule has 1 heterocycles. The number of benzene rings is 1. The minimum atomic E-state index is -0.706. The lowest BCUT2D eigenvalue weighted by atomic mass is 10.0. The average Bonchev–Trinajstić information content (AvgIpc) is 3.37. The van der Waals surface area contributed by atoms with Crippen LogP contribution in [-0.2, 0) is 16.1 Å². The third-order valence-corrected chi connectivity index (χ3v) is 5.11. The van der Waals surface area contributed by atoms with Gasteiger partial charge in [-0.1, -0.05) is 49.8 Å². The number of rotatable bonds is 7. The SMILES string of the molecule is C=C(C(=O)OCC)C(=O)n1nc(C2CCCC2)cc1N(C)Cc1ccccc1. The molecule has 3 rings (SSSR count). The van der Waals surface area contributed by atoms with Gasteiger partial charge in [0.05, 0.1) is 12.3 Å². The Morgan fingerprint density at radius 1 is 1.25 bits per heavy atom. The van der Waals surface area contributed by atoms with Crippen molar-refractivity contribution >= 4 is 17.7 Å². The summed E-state index contributed by atoms with van der Waals surface area (Å²) in [6.07, 6.45) is 4.50. The summed E-state index contributed by atoms with van der Waals surface area (Å²) in [5.41, 5.74) is 1.81. The highest BCUT2D eigenvalue weighted by molar-refractivity contribution is 6.17. The Morgan fingerprint density at radius 2 is 1.93 bits per heavy atom. The molecule has 1 aliphatic rings. The van der Waals surface area contributed by atoms with Gasteiger partial charge in [0.25, 0.3) is 5.91 Å². The second kappa shape index (κ2) is 8.87. The molecule has 1 aromatic carbocycles. The lowest BCUT2D eigenvalue weighted by molar-refractivity contribution is -0.138. The molecule has 1 aromatic heterocycles. The van der Waals surface area contributed by atoms with Gasteiger partial charge in [0.1, 0.15) is 11.4 Å². The molecule has 1 aliphatic carbocycles. The molecule has 0 bridgehead atoms. The Kier molecular flexibility index (Phi) is 6.29. The van der Waals surface area contributed by atoms with E-state index in [0.29, 0.717) is 18.3 Å². The summed E-state index contributed by atoms with van der Waals surface area (Å²) in [6.45, 7) is 6.15. The van der Waals surface area contributed by atoms with Gasteiger partial charge in [-0.05, 0) is 25.3 Å². The number of carbonyl (C=O) groups excluding carboxylic acids is 2. The summed E-state index contributed by atoms with van der Waals surface area (Å²) in [6, 6.07) is 12.0. The number of anilines is 1. The van der Waals surface area contributed by atoms with E-state index in [1.54, 1.807) is 6.92 Å². The van der Waals surface area contributed by atoms with Gasteiger partial charge in [-0.3, -0.25) is 4.79 Å². The Balaban J connectivity index is 1.91. The molecule has 2 aromatic rings. The lowest BCUT2D eigenvalue weighted by Crippen LogP contribution is -2.27. The first-order chi connectivity index (χ1) is 13.5. The van der Waals surface area contributed by atoms with Gasteiger partial charge < -0.3 is 9.64 Å². The zero-order chi connectivity index (χ0) is 20.1. The standard InChI is InChI=1S/C22H27N3O3/c1-4-28-22(27)16(2)21(26)25-20(14-19(23-25)18-12-8-9-13-18)24(3)15-17-10-6-5-7-11-17/h5-7,10-11,14,18H,2,4,8-9,12-13,15H2,1,3H3. The Hall–Kier alpha value is -2.89. The topological polar surface area (TPSA) is 64.4 Å². The highest BCUT2D eigenvalue weighted by Crippen LogP contribution is 2.35. The van der Waals surface area contributed by atoms with Gasteiger partial charge in [0, 0.05) is 25.6 Å². The zero-order valence-corrected chi connectivity index (χ0v) is 16.6. The quantitative estimate of drug-likeness (QED) is 0.315. The van der Waals surface area contributed by atoms with Crippen molar-refractivity contribution in [3.8, 4) is 0 Å². The first-order valence-electron chi connectivity index (χ1n) is 9.77. The highest BCUT2D eigenvalue weighted by Gasteiger charge is 2.27. The van der Waals surface area contributed by atoms with Crippen LogP contribution in [0.25, 0.3) is 0 Å². The fourth-order valence-electron chi connectivity index (χ4n) is 3.60. The van der Waals surface area contributed by atoms with Gasteiger partial charge >= 0.3 is 5.97 Å². The van der Waals surface area contributed by atoms with Gasteiger partial charge in [-0.25, -0.2) is 4.79 Å². The van der Waals surface area contributed by atoms with Crippen LogP contribution in [0.15, 0.2) is 48.6 Å². The largest absolute Gasteiger partial charge is 0.462 e. The number of aromatic nitrogens is 2. The Morgan fingerprint density at radius 3 is 2.57 bits per heavy atom. The average molecular weight is 381 g/mol. The maximum Gasteiger partial charge on any atom is 0.343 e. The summed E-state index contributed by atoms with van der Waals surface area (Å²) >= 11 is 0. The van der Waals surface area contributed by atoms with E-state index in [9.17, 15) is 9.59 Å². The van der Waals surface area contributed by atoms with Crippen LogP contribution in [0.4, 0.5) is 5.82 Å². The normalized spacial score (nSPS) is 14.1.